The largest absolute Gasteiger partial charge is 0.389 e. The minimum atomic E-state index is -4.19. The maximum absolute atomic E-state index is 11.9. The summed E-state index contributed by atoms with van der Waals surface area (Å²) >= 11 is 0. The highest BCUT2D eigenvalue weighted by Crippen LogP contribution is 2.20. The van der Waals surface area contributed by atoms with Crippen molar-refractivity contribution in [3.05, 3.63) is 30.6 Å². The van der Waals surface area contributed by atoms with E-state index in [1.54, 1.807) is 24.3 Å². The van der Waals surface area contributed by atoms with Crippen LogP contribution in [0.4, 0.5) is 18.0 Å². The van der Waals surface area contributed by atoms with E-state index in [0.29, 0.717) is 11.0 Å². The molecule has 19 heavy (non-hydrogen) atoms. The van der Waals surface area contributed by atoms with Crippen molar-refractivity contribution in [3.63, 3.8) is 0 Å². The molecule has 4 nitrogen and oxygen atoms in total. The Labute approximate surface area is 107 Å². The zero-order chi connectivity index (χ0) is 13.9. The molecule has 1 aromatic heterocycles. The number of alkyl halides is 3. The third-order valence-corrected chi connectivity index (χ3v) is 2.59. The van der Waals surface area contributed by atoms with E-state index in [1.807, 2.05) is 0 Å². The normalized spacial score (nSPS) is 11.7. The fourth-order valence-electron chi connectivity index (χ4n) is 1.69. The van der Waals surface area contributed by atoms with Gasteiger partial charge in [-0.1, -0.05) is 12.1 Å². The lowest BCUT2D eigenvalue weighted by atomic mass is 10.3. The lowest BCUT2D eigenvalue weighted by Gasteiger charge is -2.08. The number of halogens is 3. The molecule has 1 heterocycles. The van der Waals surface area contributed by atoms with Crippen LogP contribution in [0.3, 0.4) is 0 Å². The lowest BCUT2D eigenvalue weighted by molar-refractivity contribution is -0.135. The van der Waals surface area contributed by atoms with E-state index < -0.39 is 18.6 Å². The van der Waals surface area contributed by atoms with Crippen molar-refractivity contribution in [3.8, 4) is 0 Å². The maximum atomic E-state index is 11.9. The van der Waals surface area contributed by atoms with Crippen molar-refractivity contribution < 1.29 is 18.0 Å². The van der Waals surface area contributed by atoms with E-state index in [9.17, 15) is 18.0 Å². The standard InChI is InChI=1S/C12H12F3N3O/c13-12(14,15)6-3-7-16-11(19)18-8-17-9-4-1-2-5-10(9)18/h1-2,4-5,8H,3,6-7H2,(H,16,19). The summed E-state index contributed by atoms with van der Waals surface area (Å²) < 4.78 is 37.1. The Kier molecular flexibility index (Phi) is 3.73. The molecule has 2 aromatic rings. The Bertz CT molecular complexity index is 577. The van der Waals surface area contributed by atoms with E-state index in [-0.39, 0.29) is 13.0 Å². The number of aromatic nitrogens is 2. The molecule has 0 aliphatic carbocycles. The van der Waals surface area contributed by atoms with Crippen LogP contribution in [0.2, 0.25) is 0 Å². The molecule has 0 spiro atoms. The first-order valence-electron chi connectivity index (χ1n) is 5.74. The van der Waals surface area contributed by atoms with Crippen LogP contribution >= 0.6 is 0 Å². The number of rotatable bonds is 3. The molecule has 2 rings (SSSR count). The topological polar surface area (TPSA) is 46.9 Å². The smallest absolute Gasteiger partial charge is 0.337 e. The number of imidazole rings is 1. The molecule has 1 N–H and O–H groups in total. The van der Waals surface area contributed by atoms with Crippen LogP contribution in [0, 0.1) is 0 Å². The minimum absolute atomic E-state index is 0.0230. The number of nitrogens with one attached hydrogen (secondary N) is 1. The predicted octanol–water partition coefficient (Wildman–Crippen LogP) is 2.94. The maximum Gasteiger partial charge on any atom is 0.389 e. The summed E-state index contributed by atoms with van der Waals surface area (Å²) in [7, 11) is 0. The fraction of sp³-hybridized carbons (Fsp3) is 0.333. The summed E-state index contributed by atoms with van der Waals surface area (Å²) in [6, 6.07) is 6.55. The second-order valence-electron chi connectivity index (χ2n) is 4.05. The van der Waals surface area contributed by atoms with Gasteiger partial charge in [-0.15, -0.1) is 0 Å². The zero-order valence-corrected chi connectivity index (χ0v) is 9.94. The Morgan fingerprint density at radius 1 is 1.32 bits per heavy atom. The SMILES string of the molecule is O=C(NCCCC(F)(F)F)n1cnc2ccccc21. The third-order valence-electron chi connectivity index (χ3n) is 2.59. The summed E-state index contributed by atoms with van der Waals surface area (Å²) in [5.41, 5.74) is 1.28. The predicted molar refractivity (Wildman–Crippen MR) is 63.8 cm³/mol. The monoisotopic (exact) mass is 271 g/mol. The number of para-hydroxylation sites is 2. The molecule has 0 atom stereocenters. The van der Waals surface area contributed by atoms with Gasteiger partial charge in [0.2, 0.25) is 0 Å². The van der Waals surface area contributed by atoms with Gasteiger partial charge in [0, 0.05) is 13.0 Å². The molecule has 7 heteroatoms. The van der Waals surface area contributed by atoms with Crippen molar-refractivity contribution in [2.24, 2.45) is 0 Å². The quantitative estimate of drug-likeness (QED) is 0.872. The first-order chi connectivity index (χ1) is 8.97. The molecule has 0 radical (unpaired) electrons. The number of fused-ring (bicyclic) bond motifs is 1. The van der Waals surface area contributed by atoms with Crippen molar-refractivity contribution in [2.45, 2.75) is 19.0 Å². The summed E-state index contributed by atoms with van der Waals surface area (Å²) in [5.74, 6) is 0. The van der Waals surface area contributed by atoms with Gasteiger partial charge in [0.15, 0.2) is 0 Å². The molecule has 0 unspecified atom stereocenters. The molecule has 0 aliphatic rings. The summed E-state index contributed by atoms with van der Waals surface area (Å²) in [4.78, 5) is 15.8. The zero-order valence-electron chi connectivity index (χ0n) is 9.94. The summed E-state index contributed by atoms with van der Waals surface area (Å²) in [6.07, 6.45) is -3.88. The van der Waals surface area contributed by atoms with Gasteiger partial charge in [0.1, 0.15) is 6.33 Å². The average molecular weight is 271 g/mol. The molecule has 0 fully saturated rings. The third kappa shape index (κ3) is 3.46. The van der Waals surface area contributed by atoms with Crippen LogP contribution in [-0.4, -0.2) is 28.3 Å². The van der Waals surface area contributed by atoms with Crippen LogP contribution in [0.5, 0.6) is 0 Å². The average Bonchev–Trinajstić information content (AvgIpc) is 2.77. The molecule has 1 aromatic carbocycles. The fourth-order valence-corrected chi connectivity index (χ4v) is 1.69. The molecule has 1 amide bonds. The Balaban J connectivity index is 1.93. The molecule has 0 bridgehead atoms. The molecular formula is C12H12F3N3O. The lowest BCUT2D eigenvalue weighted by Crippen LogP contribution is -2.29. The molecule has 0 aliphatic heterocycles. The minimum Gasteiger partial charge on any atom is -0.337 e. The van der Waals surface area contributed by atoms with E-state index in [1.165, 1.54) is 10.9 Å². The van der Waals surface area contributed by atoms with Crippen LogP contribution in [0.15, 0.2) is 30.6 Å². The van der Waals surface area contributed by atoms with Crippen molar-refractivity contribution in [1.29, 1.82) is 0 Å². The van der Waals surface area contributed by atoms with E-state index in [0.717, 1.165) is 0 Å². The Morgan fingerprint density at radius 3 is 2.79 bits per heavy atom. The second kappa shape index (κ2) is 5.29. The molecule has 0 saturated carbocycles. The molecular weight excluding hydrogens is 259 g/mol. The summed E-state index contributed by atoms with van der Waals surface area (Å²) in [5, 5.41) is 2.43. The first kappa shape index (κ1) is 13.4. The van der Waals surface area contributed by atoms with E-state index in [2.05, 4.69) is 10.3 Å². The Hall–Kier alpha value is -2.05. The van der Waals surface area contributed by atoms with Crippen LogP contribution in [-0.2, 0) is 0 Å². The second-order valence-corrected chi connectivity index (χ2v) is 4.05. The highest BCUT2D eigenvalue weighted by atomic mass is 19.4. The molecule has 102 valence electrons. The van der Waals surface area contributed by atoms with E-state index in [4.69, 9.17) is 0 Å². The van der Waals surface area contributed by atoms with Crippen molar-refractivity contribution in [1.82, 2.24) is 14.9 Å². The number of carbonyl (C=O) groups is 1. The van der Waals surface area contributed by atoms with Gasteiger partial charge < -0.3 is 5.32 Å². The first-order valence-corrected chi connectivity index (χ1v) is 5.74. The number of hydrogen-bond donors (Lipinski definition) is 1. The molecule has 0 saturated heterocycles. The highest BCUT2D eigenvalue weighted by molar-refractivity contribution is 5.88. The number of hydrogen-bond acceptors (Lipinski definition) is 2. The summed E-state index contributed by atoms with van der Waals surface area (Å²) in [6.45, 7) is -0.0230. The van der Waals surface area contributed by atoms with Gasteiger partial charge in [0.25, 0.3) is 0 Å². The van der Waals surface area contributed by atoms with Gasteiger partial charge in [0.05, 0.1) is 11.0 Å². The van der Waals surface area contributed by atoms with Crippen LogP contribution < -0.4 is 5.32 Å². The number of carbonyl (C=O) groups excluding carboxylic acids is 1. The van der Waals surface area contributed by atoms with Gasteiger partial charge in [-0.3, -0.25) is 4.57 Å². The highest BCUT2D eigenvalue weighted by Gasteiger charge is 2.26. The Morgan fingerprint density at radius 2 is 2.05 bits per heavy atom. The van der Waals surface area contributed by atoms with Crippen molar-refractivity contribution in [2.75, 3.05) is 6.54 Å². The van der Waals surface area contributed by atoms with Gasteiger partial charge in [-0.25, -0.2) is 9.78 Å². The van der Waals surface area contributed by atoms with Crippen molar-refractivity contribution >= 4 is 17.1 Å². The van der Waals surface area contributed by atoms with Gasteiger partial charge in [-0.2, -0.15) is 13.2 Å². The number of amides is 1. The van der Waals surface area contributed by atoms with Gasteiger partial charge >= 0.3 is 12.2 Å². The van der Waals surface area contributed by atoms with Crippen LogP contribution in [0.1, 0.15) is 12.8 Å². The number of nitrogens with zero attached hydrogens (tertiary/aromatic N) is 2. The number of benzene rings is 1. The van der Waals surface area contributed by atoms with Crippen LogP contribution in [0.25, 0.3) is 11.0 Å². The van der Waals surface area contributed by atoms with Gasteiger partial charge in [-0.05, 0) is 18.6 Å². The van der Waals surface area contributed by atoms with E-state index >= 15 is 0 Å².